The van der Waals surface area contributed by atoms with Crippen molar-refractivity contribution in [1.82, 2.24) is 10.2 Å². The van der Waals surface area contributed by atoms with Gasteiger partial charge in [-0.25, -0.2) is 8.42 Å². The molecule has 0 saturated heterocycles. The number of carbonyl (C=O) groups excluding carboxylic acids is 2. The molecular weight excluding hydrogens is 501 g/mol. The fraction of sp³-hybridized carbons (Fsp3) is 0.391. The van der Waals surface area contributed by atoms with Crippen LogP contribution in [-0.4, -0.2) is 57.6 Å². The van der Waals surface area contributed by atoms with Crippen LogP contribution in [-0.2, 0) is 26.2 Å². The second-order valence-corrected chi connectivity index (χ2v) is 10.4. The van der Waals surface area contributed by atoms with Crippen molar-refractivity contribution in [2.75, 3.05) is 30.8 Å². The summed E-state index contributed by atoms with van der Waals surface area (Å²) in [5.74, 6) is -0.552. The third kappa shape index (κ3) is 7.25. The molecule has 11 heteroatoms. The lowest BCUT2D eigenvalue weighted by molar-refractivity contribution is -0.139. The summed E-state index contributed by atoms with van der Waals surface area (Å²) < 4.78 is 31.2. The summed E-state index contributed by atoms with van der Waals surface area (Å²) in [7, 11) is -2.42. The van der Waals surface area contributed by atoms with Gasteiger partial charge in [-0.3, -0.25) is 13.9 Å². The molecule has 0 radical (unpaired) electrons. The number of halogens is 2. The second kappa shape index (κ2) is 12.3. The zero-order valence-corrected chi connectivity index (χ0v) is 21.9. The number of nitrogens with one attached hydrogen (secondary N) is 1. The number of carbonyl (C=O) groups is 2. The van der Waals surface area contributed by atoms with E-state index in [1.807, 2.05) is 6.92 Å². The fourth-order valence-electron chi connectivity index (χ4n) is 3.21. The van der Waals surface area contributed by atoms with Crippen molar-refractivity contribution in [3.63, 3.8) is 0 Å². The summed E-state index contributed by atoms with van der Waals surface area (Å²) >= 11 is 12.5. The number of ether oxygens (including phenoxy) is 1. The zero-order chi connectivity index (χ0) is 25.5. The number of sulfonamides is 1. The van der Waals surface area contributed by atoms with Gasteiger partial charge in [-0.1, -0.05) is 48.3 Å². The SMILES string of the molecule is CCCNC(=O)C(C)N(Cc1ccccc1Cl)C(=O)CN(c1ccc(OC)c(Cl)c1)S(C)(=O)=O. The zero-order valence-electron chi connectivity index (χ0n) is 19.5. The molecule has 0 spiro atoms. The van der Waals surface area contributed by atoms with Crippen LogP contribution in [0.5, 0.6) is 5.75 Å². The molecule has 0 aliphatic heterocycles. The number of hydrogen-bond donors (Lipinski definition) is 1. The summed E-state index contributed by atoms with van der Waals surface area (Å²) in [6.07, 6.45) is 1.73. The number of hydrogen-bond acceptors (Lipinski definition) is 5. The third-order valence-electron chi connectivity index (χ3n) is 5.12. The molecule has 0 aliphatic rings. The molecule has 2 aromatic rings. The van der Waals surface area contributed by atoms with Crippen LogP contribution in [0, 0.1) is 0 Å². The van der Waals surface area contributed by atoms with E-state index in [0.717, 1.165) is 17.0 Å². The van der Waals surface area contributed by atoms with Gasteiger partial charge in [0.1, 0.15) is 18.3 Å². The molecule has 2 amide bonds. The average Bonchev–Trinajstić information content (AvgIpc) is 2.79. The number of methoxy groups -OCH3 is 1. The van der Waals surface area contributed by atoms with E-state index in [9.17, 15) is 18.0 Å². The maximum absolute atomic E-state index is 13.5. The van der Waals surface area contributed by atoms with E-state index in [0.29, 0.717) is 22.9 Å². The quantitative estimate of drug-likeness (QED) is 0.478. The average molecular weight is 530 g/mol. The first-order valence-electron chi connectivity index (χ1n) is 10.6. The van der Waals surface area contributed by atoms with Crippen molar-refractivity contribution in [3.05, 3.63) is 58.1 Å². The predicted molar refractivity (Wildman–Crippen MR) is 135 cm³/mol. The van der Waals surface area contributed by atoms with E-state index < -0.39 is 28.5 Å². The van der Waals surface area contributed by atoms with Crippen LogP contribution < -0.4 is 14.4 Å². The largest absolute Gasteiger partial charge is 0.495 e. The van der Waals surface area contributed by atoms with Crippen LogP contribution in [0.1, 0.15) is 25.8 Å². The minimum atomic E-state index is -3.86. The Morgan fingerprint density at radius 3 is 2.35 bits per heavy atom. The molecular formula is C23H29Cl2N3O5S. The molecule has 34 heavy (non-hydrogen) atoms. The number of benzene rings is 2. The molecule has 2 rings (SSSR count). The van der Waals surface area contributed by atoms with Gasteiger partial charge in [0.05, 0.1) is 24.1 Å². The van der Waals surface area contributed by atoms with Crippen molar-refractivity contribution >= 4 is 50.7 Å². The van der Waals surface area contributed by atoms with Gasteiger partial charge in [0.2, 0.25) is 21.8 Å². The highest BCUT2D eigenvalue weighted by molar-refractivity contribution is 7.92. The Hall–Kier alpha value is -2.49. The van der Waals surface area contributed by atoms with Crippen molar-refractivity contribution in [2.45, 2.75) is 32.9 Å². The lowest BCUT2D eigenvalue weighted by Crippen LogP contribution is -2.51. The highest BCUT2D eigenvalue weighted by atomic mass is 35.5. The predicted octanol–water partition coefficient (Wildman–Crippen LogP) is 3.71. The topological polar surface area (TPSA) is 96.0 Å². The van der Waals surface area contributed by atoms with E-state index in [1.54, 1.807) is 31.2 Å². The molecule has 0 aromatic heterocycles. The van der Waals surface area contributed by atoms with Crippen molar-refractivity contribution < 1.29 is 22.7 Å². The van der Waals surface area contributed by atoms with Gasteiger partial charge in [0.15, 0.2) is 0 Å². The van der Waals surface area contributed by atoms with Gasteiger partial charge in [0, 0.05) is 18.1 Å². The van der Waals surface area contributed by atoms with Gasteiger partial charge < -0.3 is 15.0 Å². The molecule has 1 N–H and O–H groups in total. The Labute approximate surface area is 210 Å². The maximum atomic E-state index is 13.5. The number of nitrogens with zero attached hydrogens (tertiary/aromatic N) is 2. The van der Waals surface area contributed by atoms with Crippen LogP contribution in [0.25, 0.3) is 0 Å². The van der Waals surface area contributed by atoms with Crippen molar-refractivity contribution in [3.8, 4) is 5.75 Å². The number of amides is 2. The van der Waals surface area contributed by atoms with Crippen molar-refractivity contribution in [2.24, 2.45) is 0 Å². The summed E-state index contributed by atoms with van der Waals surface area (Å²) in [6.45, 7) is 3.46. The molecule has 0 saturated carbocycles. The molecule has 0 fully saturated rings. The van der Waals surface area contributed by atoms with Crippen LogP contribution in [0.2, 0.25) is 10.0 Å². The van der Waals surface area contributed by atoms with Gasteiger partial charge in [-0.05, 0) is 43.2 Å². The Morgan fingerprint density at radius 2 is 1.79 bits per heavy atom. The summed E-state index contributed by atoms with van der Waals surface area (Å²) in [5.41, 5.74) is 0.827. The van der Waals surface area contributed by atoms with Gasteiger partial charge in [0.25, 0.3) is 0 Å². The van der Waals surface area contributed by atoms with Gasteiger partial charge >= 0.3 is 0 Å². The first-order valence-corrected chi connectivity index (χ1v) is 13.2. The number of rotatable bonds is 11. The van der Waals surface area contributed by atoms with Crippen LogP contribution in [0.15, 0.2) is 42.5 Å². The van der Waals surface area contributed by atoms with E-state index >= 15 is 0 Å². The van der Waals surface area contributed by atoms with Gasteiger partial charge in [-0.15, -0.1) is 0 Å². The summed E-state index contributed by atoms with van der Waals surface area (Å²) in [4.78, 5) is 27.5. The molecule has 2 aromatic carbocycles. The first kappa shape index (κ1) is 27.8. The van der Waals surface area contributed by atoms with E-state index in [1.165, 1.54) is 30.2 Å². The third-order valence-corrected chi connectivity index (χ3v) is 6.92. The summed E-state index contributed by atoms with van der Waals surface area (Å²) in [5, 5.41) is 3.40. The second-order valence-electron chi connectivity index (χ2n) is 7.67. The summed E-state index contributed by atoms with van der Waals surface area (Å²) in [6, 6.07) is 10.5. The Balaban J connectivity index is 2.41. The molecule has 0 bridgehead atoms. The molecule has 1 unspecified atom stereocenters. The maximum Gasteiger partial charge on any atom is 0.244 e. The van der Waals surface area contributed by atoms with E-state index in [4.69, 9.17) is 27.9 Å². The standard InChI is InChI=1S/C23H29Cl2N3O5S/c1-5-12-26-23(30)16(2)27(14-17-8-6-7-9-19(17)24)22(29)15-28(34(4,31)32)18-10-11-21(33-3)20(25)13-18/h6-11,13,16H,5,12,14-15H2,1-4H3,(H,26,30). The fourth-order valence-corrected chi connectivity index (χ4v) is 4.50. The Bertz CT molecular complexity index is 1130. The number of anilines is 1. The van der Waals surface area contributed by atoms with Crippen LogP contribution >= 0.6 is 23.2 Å². The van der Waals surface area contributed by atoms with Crippen LogP contribution in [0.4, 0.5) is 5.69 Å². The molecule has 8 nitrogen and oxygen atoms in total. The molecule has 186 valence electrons. The highest BCUT2D eigenvalue weighted by Crippen LogP contribution is 2.30. The van der Waals surface area contributed by atoms with Crippen molar-refractivity contribution in [1.29, 1.82) is 0 Å². The minimum absolute atomic E-state index is 0.0280. The smallest absolute Gasteiger partial charge is 0.244 e. The Kier molecular flexibility index (Phi) is 10.0. The highest BCUT2D eigenvalue weighted by Gasteiger charge is 2.30. The normalized spacial score (nSPS) is 12.1. The van der Waals surface area contributed by atoms with E-state index in [2.05, 4.69) is 5.32 Å². The minimum Gasteiger partial charge on any atom is -0.495 e. The molecule has 1 atom stereocenters. The Morgan fingerprint density at radius 1 is 1.12 bits per heavy atom. The van der Waals surface area contributed by atoms with E-state index in [-0.39, 0.29) is 23.2 Å². The first-order chi connectivity index (χ1) is 16.0. The van der Waals surface area contributed by atoms with Gasteiger partial charge in [-0.2, -0.15) is 0 Å². The lowest BCUT2D eigenvalue weighted by atomic mass is 10.1. The monoisotopic (exact) mass is 529 g/mol. The lowest BCUT2D eigenvalue weighted by Gasteiger charge is -2.31. The molecule has 0 aliphatic carbocycles. The van der Waals surface area contributed by atoms with Crippen LogP contribution in [0.3, 0.4) is 0 Å². The molecule has 0 heterocycles.